The molecule has 0 spiro atoms. The van der Waals surface area contributed by atoms with Crippen molar-refractivity contribution in [3.8, 4) is 17.4 Å². The first kappa shape index (κ1) is 23.0. The number of hydrogen-bond acceptors (Lipinski definition) is 9. The SMILES string of the molecule is COc1ccc2ncc(Cl)c(CCN3CC[C@@H](NCc4cc5c(cn4)OCCO5)[C@@H](O)C3)c2n1. The summed E-state index contributed by atoms with van der Waals surface area (Å²) in [6, 6.07) is 5.58. The Kier molecular flexibility index (Phi) is 6.96. The van der Waals surface area contributed by atoms with Crippen LogP contribution in [0.4, 0.5) is 0 Å². The number of likely N-dealkylation sites (tertiary alicyclic amines) is 1. The number of nitrogens with one attached hydrogen (secondary N) is 1. The van der Waals surface area contributed by atoms with Crippen LogP contribution >= 0.6 is 11.6 Å². The van der Waals surface area contributed by atoms with E-state index >= 15 is 0 Å². The van der Waals surface area contributed by atoms with Gasteiger partial charge < -0.3 is 29.5 Å². The predicted molar refractivity (Wildman–Crippen MR) is 128 cm³/mol. The number of ether oxygens (including phenoxy) is 3. The van der Waals surface area contributed by atoms with Gasteiger partial charge in [0.1, 0.15) is 13.2 Å². The highest BCUT2D eigenvalue weighted by Gasteiger charge is 2.27. The Morgan fingerprint density at radius 3 is 2.88 bits per heavy atom. The molecule has 9 nitrogen and oxygen atoms in total. The van der Waals surface area contributed by atoms with Crippen LogP contribution in [0.1, 0.15) is 17.7 Å². The van der Waals surface area contributed by atoms with Crippen molar-refractivity contribution in [3.05, 3.63) is 46.9 Å². The molecule has 0 radical (unpaired) electrons. The molecular weight excluding hydrogens is 458 g/mol. The monoisotopic (exact) mass is 485 g/mol. The van der Waals surface area contributed by atoms with Gasteiger partial charge in [-0.05, 0) is 25.5 Å². The van der Waals surface area contributed by atoms with Gasteiger partial charge in [0.15, 0.2) is 11.5 Å². The van der Waals surface area contributed by atoms with Gasteiger partial charge in [0.2, 0.25) is 5.88 Å². The van der Waals surface area contributed by atoms with Crippen molar-refractivity contribution in [3.63, 3.8) is 0 Å². The van der Waals surface area contributed by atoms with E-state index in [1.807, 2.05) is 12.1 Å². The summed E-state index contributed by atoms with van der Waals surface area (Å²) < 4.78 is 16.4. The van der Waals surface area contributed by atoms with E-state index < -0.39 is 6.10 Å². The molecule has 2 atom stereocenters. The van der Waals surface area contributed by atoms with Crippen LogP contribution in [0.2, 0.25) is 5.02 Å². The lowest BCUT2D eigenvalue weighted by Gasteiger charge is -2.36. The summed E-state index contributed by atoms with van der Waals surface area (Å²) in [5.74, 6) is 1.94. The van der Waals surface area contributed by atoms with Gasteiger partial charge in [-0.15, -0.1) is 0 Å². The lowest BCUT2D eigenvalue weighted by Crippen LogP contribution is -2.52. The Bertz CT molecular complexity index is 1160. The molecule has 0 saturated carbocycles. The molecule has 1 saturated heterocycles. The third kappa shape index (κ3) is 5.02. The molecule has 0 bridgehead atoms. The number of aromatic nitrogens is 3. The molecule has 2 N–H and O–H groups in total. The molecule has 34 heavy (non-hydrogen) atoms. The van der Waals surface area contributed by atoms with Crippen LogP contribution in [0, 0.1) is 0 Å². The maximum absolute atomic E-state index is 10.8. The molecule has 0 aliphatic carbocycles. The van der Waals surface area contributed by atoms with E-state index in [0.29, 0.717) is 49.4 Å². The van der Waals surface area contributed by atoms with E-state index in [9.17, 15) is 5.11 Å². The Morgan fingerprint density at radius 2 is 2.06 bits per heavy atom. The average Bonchev–Trinajstić information content (AvgIpc) is 2.87. The van der Waals surface area contributed by atoms with Crippen LogP contribution in [0.15, 0.2) is 30.6 Å². The number of halogens is 1. The third-order valence-corrected chi connectivity index (χ3v) is 6.65. The van der Waals surface area contributed by atoms with Gasteiger partial charge in [0, 0.05) is 49.6 Å². The normalized spacial score (nSPS) is 20.4. The zero-order valence-corrected chi connectivity index (χ0v) is 19.8. The first-order valence-electron chi connectivity index (χ1n) is 11.5. The number of pyridine rings is 3. The zero-order valence-electron chi connectivity index (χ0n) is 19.0. The highest BCUT2D eigenvalue weighted by molar-refractivity contribution is 6.32. The average molecular weight is 486 g/mol. The highest BCUT2D eigenvalue weighted by atomic mass is 35.5. The summed E-state index contributed by atoms with van der Waals surface area (Å²) in [6.45, 7) is 3.89. The van der Waals surface area contributed by atoms with Gasteiger partial charge >= 0.3 is 0 Å². The molecule has 3 aromatic heterocycles. The van der Waals surface area contributed by atoms with Gasteiger partial charge in [-0.2, -0.15) is 0 Å². The lowest BCUT2D eigenvalue weighted by molar-refractivity contribution is 0.0403. The van der Waals surface area contributed by atoms with Gasteiger partial charge in [-0.25, -0.2) is 4.98 Å². The molecule has 2 aliphatic heterocycles. The molecule has 0 unspecified atom stereocenters. The largest absolute Gasteiger partial charge is 0.486 e. The van der Waals surface area contributed by atoms with E-state index in [1.165, 1.54) is 0 Å². The predicted octanol–water partition coefficient (Wildman–Crippen LogP) is 2.23. The van der Waals surface area contributed by atoms with E-state index in [2.05, 4.69) is 25.2 Å². The van der Waals surface area contributed by atoms with Crippen LogP contribution in [0.25, 0.3) is 11.0 Å². The molecule has 5 rings (SSSR count). The second kappa shape index (κ2) is 10.3. The molecule has 0 amide bonds. The Hall–Kier alpha value is -2.72. The number of aliphatic hydroxyl groups excluding tert-OH is 1. The Balaban J connectivity index is 1.16. The third-order valence-electron chi connectivity index (χ3n) is 6.32. The molecule has 0 aromatic carbocycles. The fourth-order valence-electron chi connectivity index (χ4n) is 4.46. The minimum absolute atomic E-state index is 0.00234. The number of fused-ring (bicyclic) bond motifs is 2. The van der Waals surface area contributed by atoms with Crippen molar-refractivity contribution in [1.29, 1.82) is 0 Å². The molecule has 5 heterocycles. The first-order chi connectivity index (χ1) is 16.6. The Labute approximate surface area is 203 Å². The number of piperidine rings is 1. The number of β-amino-alcohol motifs (C(OH)–C–C–N with tert-alkyl or cyclic N) is 1. The smallest absolute Gasteiger partial charge is 0.213 e. The van der Waals surface area contributed by atoms with Crippen LogP contribution < -0.4 is 19.5 Å². The quantitative estimate of drug-likeness (QED) is 0.521. The number of hydrogen-bond donors (Lipinski definition) is 2. The highest BCUT2D eigenvalue weighted by Crippen LogP contribution is 2.29. The molecule has 1 fully saturated rings. The van der Waals surface area contributed by atoms with Crippen molar-refractivity contribution in [2.75, 3.05) is 40.0 Å². The lowest BCUT2D eigenvalue weighted by atomic mass is 10.0. The summed E-state index contributed by atoms with van der Waals surface area (Å²) in [7, 11) is 1.59. The summed E-state index contributed by atoms with van der Waals surface area (Å²) in [5.41, 5.74) is 3.36. The molecule has 2 aliphatic rings. The van der Waals surface area contributed by atoms with Crippen LogP contribution in [0.5, 0.6) is 17.4 Å². The molecule has 3 aromatic rings. The number of nitrogens with zero attached hydrogens (tertiary/aromatic N) is 4. The number of rotatable bonds is 7. The van der Waals surface area contributed by atoms with E-state index in [1.54, 1.807) is 25.6 Å². The Morgan fingerprint density at radius 1 is 1.21 bits per heavy atom. The van der Waals surface area contributed by atoms with Crippen LogP contribution in [0.3, 0.4) is 0 Å². The number of aliphatic hydroxyl groups is 1. The summed E-state index contributed by atoms with van der Waals surface area (Å²) in [4.78, 5) is 15.6. The van der Waals surface area contributed by atoms with Crippen molar-refractivity contribution >= 4 is 22.6 Å². The maximum atomic E-state index is 10.8. The molecule has 180 valence electrons. The topological polar surface area (TPSA) is 102 Å². The summed E-state index contributed by atoms with van der Waals surface area (Å²) in [6.07, 6.45) is 4.44. The van der Waals surface area contributed by atoms with E-state index in [4.69, 9.17) is 25.8 Å². The molecule has 10 heteroatoms. The van der Waals surface area contributed by atoms with Gasteiger partial charge in [-0.3, -0.25) is 9.97 Å². The first-order valence-corrected chi connectivity index (χ1v) is 11.8. The molecular formula is C24H28ClN5O4. The van der Waals surface area contributed by atoms with E-state index in [-0.39, 0.29) is 6.04 Å². The second-order valence-corrected chi connectivity index (χ2v) is 8.93. The van der Waals surface area contributed by atoms with Crippen LogP contribution in [-0.4, -0.2) is 77.1 Å². The van der Waals surface area contributed by atoms with Gasteiger partial charge in [0.25, 0.3) is 0 Å². The minimum Gasteiger partial charge on any atom is -0.486 e. The summed E-state index contributed by atoms with van der Waals surface area (Å²) in [5, 5.41) is 14.8. The van der Waals surface area contributed by atoms with Crippen LogP contribution in [-0.2, 0) is 13.0 Å². The van der Waals surface area contributed by atoms with E-state index in [0.717, 1.165) is 47.6 Å². The standard InChI is InChI=1S/C24H28ClN5O4/c1-32-23-3-2-19-24(29-23)16(17(25)12-28-19)4-6-30-7-5-18(20(31)14-30)27-11-15-10-21-22(13-26-15)34-9-8-33-21/h2-3,10,12-13,18,20,27,31H,4-9,11,14H2,1H3/t18-,20+/m1/s1. The van der Waals surface area contributed by atoms with Gasteiger partial charge in [-0.1, -0.05) is 11.6 Å². The number of methoxy groups -OCH3 is 1. The zero-order chi connectivity index (χ0) is 23.5. The fourth-order valence-corrected chi connectivity index (χ4v) is 4.69. The van der Waals surface area contributed by atoms with Gasteiger partial charge in [0.05, 0.1) is 41.2 Å². The fraction of sp³-hybridized carbons (Fsp3) is 0.458. The van der Waals surface area contributed by atoms with Crippen molar-refractivity contribution in [1.82, 2.24) is 25.2 Å². The second-order valence-electron chi connectivity index (χ2n) is 8.52. The maximum Gasteiger partial charge on any atom is 0.213 e. The van der Waals surface area contributed by atoms with Crippen molar-refractivity contribution < 1.29 is 19.3 Å². The van der Waals surface area contributed by atoms with Crippen molar-refractivity contribution in [2.24, 2.45) is 0 Å². The summed E-state index contributed by atoms with van der Waals surface area (Å²) >= 11 is 6.47. The minimum atomic E-state index is -0.478. The van der Waals surface area contributed by atoms with Crippen molar-refractivity contribution in [2.45, 2.75) is 31.5 Å².